The van der Waals surface area contributed by atoms with Gasteiger partial charge in [0.15, 0.2) is 0 Å². The highest BCUT2D eigenvalue weighted by molar-refractivity contribution is 5.92. The molecule has 0 unspecified atom stereocenters. The van der Waals surface area contributed by atoms with E-state index in [4.69, 9.17) is 0 Å². The highest BCUT2D eigenvalue weighted by Crippen LogP contribution is 2.30. The maximum Gasteiger partial charge on any atom is 0.335 e. The van der Waals surface area contributed by atoms with Gasteiger partial charge in [-0.05, 0) is 44.9 Å². The van der Waals surface area contributed by atoms with Crippen molar-refractivity contribution in [2.45, 2.75) is 64.1 Å². The second kappa shape index (κ2) is 6.09. The maximum absolute atomic E-state index is 13.0. The molecular formula is C18H24N2O4. The van der Waals surface area contributed by atoms with Crippen LogP contribution in [0.25, 0.3) is 11.0 Å². The number of rotatable bonds is 4. The first-order chi connectivity index (χ1) is 11.3. The standard InChI is InChI=1S/C18H24N2O4/c1-18(2,24)11-19-15-10-12(16(21)22)8-9-14(15)20(17(19)23)13-6-4-3-5-7-13/h8-10,13,24H,3-7,11H2,1-2H3,(H,21,22). The molecule has 6 heteroatoms. The van der Waals surface area contributed by atoms with Gasteiger partial charge < -0.3 is 10.2 Å². The second-order valence-corrected chi connectivity index (χ2v) is 7.35. The minimum Gasteiger partial charge on any atom is -0.478 e. The molecule has 0 aliphatic heterocycles. The molecule has 6 nitrogen and oxygen atoms in total. The normalized spacial score (nSPS) is 16.6. The Labute approximate surface area is 140 Å². The number of hydrogen-bond donors (Lipinski definition) is 2. The van der Waals surface area contributed by atoms with Crippen LogP contribution in [0.1, 0.15) is 62.4 Å². The number of fused-ring (bicyclic) bond motifs is 1. The Hall–Kier alpha value is -2.08. The van der Waals surface area contributed by atoms with Gasteiger partial charge >= 0.3 is 11.7 Å². The molecular weight excluding hydrogens is 308 g/mol. The Bertz CT molecular complexity index is 820. The lowest BCUT2D eigenvalue weighted by Crippen LogP contribution is -2.35. The van der Waals surface area contributed by atoms with Gasteiger partial charge in [0.2, 0.25) is 0 Å². The van der Waals surface area contributed by atoms with Crippen molar-refractivity contribution in [1.82, 2.24) is 9.13 Å². The third kappa shape index (κ3) is 3.11. The van der Waals surface area contributed by atoms with Crippen LogP contribution in [0.4, 0.5) is 0 Å². The molecule has 0 amide bonds. The predicted octanol–water partition coefficient (Wildman–Crippen LogP) is 2.78. The molecule has 130 valence electrons. The van der Waals surface area contributed by atoms with Gasteiger partial charge in [0.05, 0.1) is 28.7 Å². The lowest BCUT2D eigenvalue weighted by molar-refractivity contribution is 0.0613. The van der Waals surface area contributed by atoms with Crippen LogP contribution < -0.4 is 5.69 Å². The minimum absolute atomic E-state index is 0.130. The van der Waals surface area contributed by atoms with Crippen molar-refractivity contribution < 1.29 is 15.0 Å². The lowest BCUT2D eigenvalue weighted by atomic mass is 9.95. The Morgan fingerprint density at radius 1 is 1.21 bits per heavy atom. The molecule has 1 fully saturated rings. The molecule has 2 aromatic rings. The third-order valence-corrected chi connectivity index (χ3v) is 4.69. The fourth-order valence-electron chi connectivity index (χ4n) is 3.64. The van der Waals surface area contributed by atoms with Gasteiger partial charge in [-0.15, -0.1) is 0 Å². The molecule has 1 saturated carbocycles. The van der Waals surface area contributed by atoms with Crippen LogP contribution in [-0.2, 0) is 6.54 Å². The van der Waals surface area contributed by atoms with E-state index in [9.17, 15) is 19.8 Å². The molecule has 1 aromatic carbocycles. The number of hydrogen-bond acceptors (Lipinski definition) is 3. The first kappa shape index (κ1) is 16.8. The number of aliphatic hydroxyl groups is 1. The number of carbonyl (C=O) groups is 1. The molecule has 24 heavy (non-hydrogen) atoms. The predicted molar refractivity (Wildman–Crippen MR) is 91.6 cm³/mol. The van der Waals surface area contributed by atoms with Crippen molar-refractivity contribution >= 4 is 17.0 Å². The van der Waals surface area contributed by atoms with Crippen molar-refractivity contribution in [3.8, 4) is 0 Å². The van der Waals surface area contributed by atoms with Crippen LogP contribution in [0.2, 0.25) is 0 Å². The van der Waals surface area contributed by atoms with E-state index < -0.39 is 11.6 Å². The maximum atomic E-state index is 13.0. The largest absolute Gasteiger partial charge is 0.478 e. The molecule has 0 radical (unpaired) electrons. The van der Waals surface area contributed by atoms with Crippen molar-refractivity contribution in [2.24, 2.45) is 0 Å². The molecule has 1 aliphatic carbocycles. The Balaban J connectivity index is 2.22. The SMILES string of the molecule is CC(C)(O)Cn1c(=O)n(C2CCCCC2)c2ccc(C(=O)O)cc21. The summed E-state index contributed by atoms with van der Waals surface area (Å²) in [5.41, 5.74) is 0.248. The number of benzene rings is 1. The molecule has 0 bridgehead atoms. The summed E-state index contributed by atoms with van der Waals surface area (Å²) in [5.74, 6) is -1.02. The number of nitrogens with zero attached hydrogens (tertiary/aromatic N) is 2. The van der Waals surface area contributed by atoms with E-state index in [0.717, 1.165) is 31.2 Å². The molecule has 1 aromatic heterocycles. The molecule has 0 saturated heterocycles. The van der Waals surface area contributed by atoms with Gasteiger partial charge in [0.25, 0.3) is 0 Å². The van der Waals surface area contributed by atoms with Gasteiger partial charge in [-0.25, -0.2) is 9.59 Å². The summed E-state index contributed by atoms with van der Waals surface area (Å²) < 4.78 is 3.31. The van der Waals surface area contributed by atoms with E-state index >= 15 is 0 Å². The molecule has 0 spiro atoms. The van der Waals surface area contributed by atoms with E-state index in [0.29, 0.717) is 5.52 Å². The quantitative estimate of drug-likeness (QED) is 0.901. The van der Waals surface area contributed by atoms with Gasteiger partial charge in [0, 0.05) is 6.04 Å². The zero-order valence-electron chi connectivity index (χ0n) is 14.2. The highest BCUT2D eigenvalue weighted by Gasteiger charge is 2.25. The van der Waals surface area contributed by atoms with Gasteiger partial charge in [-0.3, -0.25) is 9.13 Å². The first-order valence-electron chi connectivity index (χ1n) is 8.48. The van der Waals surface area contributed by atoms with Gasteiger partial charge in [-0.1, -0.05) is 19.3 Å². The fourth-order valence-corrected chi connectivity index (χ4v) is 3.64. The zero-order valence-corrected chi connectivity index (χ0v) is 14.2. The van der Waals surface area contributed by atoms with Gasteiger partial charge in [0.1, 0.15) is 0 Å². The Morgan fingerprint density at radius 3 is 2.46 bits per heavy atom. The van der Waals surface area contributed by atoms with E-state index in [1.54, 1.807) is 24.5 Å². The van der Waals surface area contributed by atoms with Crippen LogP contribution in [0.15, 0.2) is 23.0 Å². The van der Waals surface area contributed by atoms with Crippen LogP contribution in [0.3, 0.4) is 0 Å². The number of carboxylic acids is 1. The molecule has 1 heterocycles. The third-order valence-electron chi connectivity index (χ3n) is 4.69. The van der Waals surface area contributed by atoms with Crippen LogP contribution in [-0.4, -0.2) is 30.9 Å². The highest BCUT2D eigenvalue weighted by atomic mass is 16.4. The van der Waals surface area contributed by atoms with Crippen LogP contribution >= 0.6 is 0 Å². The molecule has 2 N–H and O–H groups in total. The monoisotopic (exact) mass is 332 g/mol. The zero-order chi connectivity index (χ0) is 17.5. The number of imidazole rings is 1. The second-order valence-electron chi connectivity index (χ2n) is 7.35. The van der Waals surface area contributed by atoms with Crippen molar-refractivity contribution in [3.63, 3.8) is 0 Å². The Kier molecular flexibility index (Phi) is 4.25. The van der Waals surface area contributed by atoms with E-state index in [-0.39, 0.29) is 23.8 Å². The summed E-state index contributed by atoms with van der Waals surface area (Å²) in [6.07, 6.45) is 5.31. The molecule has 0 atom stereocenters. The number of carboxylic acid groups (broad SMARTS) is 1. The minimum atomic E-state index is -1.06. The van der Waals surface area contributed by atoms with Crippen molar-refractivity contribution in [2.75, 3.05) is 0 Å². The molecule has 1 aliphatic rings. The van der Waals surface area contributed by atoms with Crippen molar-refractivity contribution in [1.29, 1.82) is 0 Å². The fraction of sp³-hybridized carbons (Fsp3) is 0.556. The van der Waals surface area contributed by atoms with Gasteiger partial charge in [-0.2, -0.15) is 0 Å². The summed E-state index contributed by atoms with van der Waals surface area (Å²) in [6.45, 7) is 3.42. The van der Waals surface area contributed by atoms with E-state index in [1.807, 2.05) is 0 Å². The summed E-state index contributed by atoms with van der Waals surface area (Å²) >= 11 is 0. The number of aromatic nitrogens is 2. The summed E-state index contributed by atoms with van der Waals surface area (Å²) in [7, 11) is 0. The van der Waals surface area contributed by atoms with Crippen molar-refractivity contribution in [3.05, 3.63) is 34.2 Å². The summed E-state index contributed by atoms with van der Waals surface area (Å²) in [5, 5.41) is 19.4. The first-order valence-corrected chi connectivity index (χ1v) is 8.48. The number of aromatic carboxylic acids is 1. The van der Waals surface area contributed by atoms with E-state index in [2.05, 4.69) is 0 Å². The molecule has 3 rings (SSSR count). The lowest BCUT2D eigenvalue weighted by Gasteiger charge is -2.23. The van der Waals surface area contributed by atoms with Crippen LogP contribution in [0.5, 0.6) is 0 Å². The smallest absolute Gasteiger partial charge is 0.335 e. The topological polar surface area (TPSA) is 84.5 Å². The average molecular weight is 332 g/mol. The van der Waals surface area contributed by atoms with Crippen LogP contribution in [0, 0.1) is 0 Å². The summed E-state index contributed by atoms with van der Waals surface area (Å²) in [6, 6.07) is 4.94. The van der Waals surface area contributed by atoms with E-state index in [1.165, 1.54) is 23.1 Å². The Morgan fingerprint density at radius 2 is 1.88 bits per heavy atom. The summed E-state index contributed by atoms with van der Waals surface area (Å²) in [4.78, 5) is 24.3. The average Bonchev–Trinajstić information content (AvgIpc) is 2.78.